The van der Waals surface area contributed by atoms with Crippen molar-refractivity contribution in [2.24, 2.45) is 0 Å². The molecule has 0 saturated heterocycles. The zero-order valence-electron chi connectivity index (χ0n) is 17.6. The zero-order chi connectivity index (χ0) is 23.2. The molecule has 4 rings (SSSR count). The predicted octanol–water partition coefficient (Wildman–Crippen LogP) is 5.87. The van der Waals surface area contributed by atoms with E-state index < -0.39 is 19.2 Å². The van der Waals surface area contributed by atoms with E-state index in [-0.39, 0.29) is 33.7 Å². The van der Waals surface area contributed by atoms with Gasteiger partial charge in [-0.05, 0) is 67.8 Å². The summed E-state index contributed by atoms with van der Waals surface area (Å²) in [6.45, 7) is 5.45. The van der Waals surface area contributed by atoms with Gasteiger partial charge in [-0.1, -0.05) is 6.92 Å². The zero-order valence-corrected chi connectivity index (χ0v) is 18.5. The van der Waals surface area contributed by atoms with Crippen molar-refractivity contribution in [2.75, 3.05) is 6.61 Å². The van der Waals surface area contributed by atoms with Gasteiger partial charge in [-0.15, -0.1) is 0 Å². The summed E-state index contributed by atoms with van der Waals surface area (Å²) in [7, 11) is -4.44. The van der Waals surface area contributed by atoms with Crippen molar-refractivity contribution >= 4 is 34.8 Å². The molecule has 32 heavy (non-hydrogen) atoms. The van der Waals surface area contributed by atoms with Crippen LogP contribution < -0.4 is 14.8 Å². The van der Waals surface area contributed by atoms with Crippen molar-refractivity contribution < 1.29 is 37.0 Å². The second-order valence-corrected chi connectivity index (χ2v) is 9.12. The standard InChI is InChI=1S/C23H21F2O6P/c1-4-9-29-17-7-5-15-16-6-8-18(20(25)23(16)31-22(15)19(17)24)30-21-12(2)10-14(11-13(21)3)32(26,27)28/h5-8,10-11H,4,9H2,1-3H3,(H2,26,27,28). The Labute approximate surface area is 182 Å². The summed E-state index contributed by atoms with van der Waals surface area (Å²) in [6.07, 6.45) is 0.709. The van der Waals surface area contributed by atoms with E-state index in [2.05, 4.69) is 0 Å². The van der Waals surface area contributed by atoms with Crippen molar-refractivity contribution in [3.63, 3.8) is 0 Å². The number of aryl methyl sites for hydroxylation is 2. The number of ether oxygens (including phenoxy) is 2. The molecule has 0 radical (unpaired) electrons. The van der Waals surface area contributed by atoms with Crippen LogP contribution in [0.4, 0.5) is 8.78 Å². The van der Waals surface area contributed by atoms with Crippen LogP contribution in [0.2, 0.25) is 0 Å². The monoisotopic (exact) mass is 462 g/mol. The van der Waals surface area contributed by atoms with Gasteiger partial charge in [0.25, 0.3) is 0 Å². The maximum atomic E-state index is 15.3. The van der Waals surface area contributed by atoms with Crippen molar-refractivity contribution in [1.29, 1.82) is 0 Å². The third kappa shape index (κ3) is 3.86. The second kappa shape index (κ2) is 8.20. The molecule has 1 aromatic heterocycles. The van der Waals surface area contributed by atoms with Gasteiger partial charge < -0.3 is 23.7 Å². The number of rotatable bonds is 6. The topological polar surface area (TPSA) is 89.1 Å². The fourth-order valence-electron chi connectivity index (χ4n) is 3.57. The first kappa shape index (κ1) is 22.3. The number of furan rings is 1. The van der Waals surface area contributed by atoms with Gasteiger partial charge in [0, 0.05) is 10.8 Å². The van der Waals surface area contributed by atoms with Gasteiger partial charge in [-0.25, -0.2) is 0 Å². The lowest BCUT2D eigenvalue weighted by molar-refractivity contribution is 0.301. The highest BCUT2D eigenvalue weighted by molar-refractivity contribution is 7.60. The van der Waals surface area contributed by atoms with Crippen LogP contribution >= 0.6 is 7.60 Å². The Hall–Kier alpha value is -2.93. The maximum Gasteiger partial charge on any atom is 0.356 e. The highest BCUT2D eigenvalue weighted by Gasteiger charge is 2.23. The molecule has 0 atom stereocenters. The summed E-state index contributed by atoms with van der Waals surface area (Å²) < 4.78 is 58.3. The van der Waals surface area contributed by atoms with Gasteiger partial charge in [0.15, 0.2) is 22.7 Å². The molecular formula is C23H21F2O6P. The molecule has 4 aromatic rings. The fraction of sp³-hybridized carbons (Fsp3) is 0.217. The molecule has 1 heterocycles. The van der Waals surface area contributed by atoms with Crippen LogP contribution in [0, 0.1) is 25.5 Å². The number of fused-ring (bicyclic) bond motifs is 3. The Morgan fingerprint density at radius 2 is 1.47 bits per heavy atom. The number of hydrogen-bond donors (Lipinski definition) is 2. The Balaban J connectivity index is 1.78. The highest BCUT2D eigenvalue weighted by atomic mass is 31.2. The Morgan fingerprint density at radius 3 is 2.00 bits per heavy atom. The van der Waals surface area contributed by atoms with Gasteiger partial charge in [0.05, 0.1) is 11.9 Å². The molecule has 0 aliphatic carbocycles. The average molecular weight is 462 g/mol. The number of hydrogen-bond acceptors (Lipinski definition) is 4. The third-order valence-electron chi connectivity index (χ3n) is 5.07. The Kier molecular flexibility index (Phi) is 5.71. The molecular weight excluding hydrogens is 441 g/mol. The number of halogens is 2. The summed E-state index contributed by atoms with van der Waals surface area (Å²) in [5.41, 5.74) is 0.585. The van der Waals surface area contributed by atoms with Crippen LogP contribution in [0.25, 0.3) is 21.9 Å². The minimum Gasteiger partial charge on any atom is -0.490 e. The van der Waals surface area contributed by atoms with Crippen LogP contribution in [-0.4, -0.2) is 16.4 Å². The molecule has 0 amide bonds. The van der Waals surface area contributed by atoms with E-state index in [4.69, 9.17) is 13.9 Å². The molecule has 0 spiro atoms. The normalized spacial score (nSPS) is 12.0. The van der Waals surface area contributed by atoms with Crippen LogP contribution in [0.3, 0.4) is 0 Å². The first-order valence-electron chi connectivity index (χ1n) is 9.93. The maximum absolute atomic E-state index is 15.3. The SMILES string of the molecule is CCCOc1ccc2c(oc3c(F)c(Oc4c(C)cc(P(=O)(O)O)cc4C)ccc32)c1F. The van der Waals surface area contributed by atoms with Gasteiger partial charge in [-0.3, -0.25) is 4.57 Å². The molecule has 0 aliphatic rings. The lowest BCUT2D eigenvalue weighted by Gasteiger charge is -2.15. The van der Waals surface area contributed by atoms with Crippen molar-refractivity contribution in [3.05, 3.63) is 59.2 Å². The second-order valence-electron chi connectivity index (χ2n) is 7.51. The third-order valence-corrected chi connectivity index (χ3v) is 6.00. The highest BCUT2D eigenvalue weighted by Crippen LogP contribution is 2.41. The summed E-state index contributed by atoms with van der Waals surface area (Å²) >= 11 is 0. The Bertz CT molecular complexity index is 1370. The van der Waals surface area contributed by atoms with Crippen LogP contribution in [0.5, 0.6) is 17.2 Å². The van der Waals surface area contributed by atoms with E-state index in [0.29, 0.717) is 34.9 Å². The molecule has 0 unspecified atom stereocenters. The smallest absolute Gasteiger partial charge is 0.356 e. The summed E-state index contributed by atoms with van der Waals surface area (Å²) in [4.78, 5) is 18.8. The van der Waals surface area contributed by atoms with E-state index >= 15 is 4.39 Å². The van der Waals surface area contributed by atoms with E-state index in [1.54, 1.807) is 26.0 Å². The van der Waals surface area contributed by atoms with Crippen LogP contribution in [0.1, 0.15) is 24.5 Å². The van der Waals surface area contributed by atoms with E-state index in [0.717, 1.165) is 0 Å². The predicted molar refractivity (Wildman–Crippen MR) is 117 cm³/mol. The molecule has 0 fully saturated rings. The number of benzene rings is 3. The van der Waals surface area contributed by atoms with E-state index in [9.17, 15) is 18.7 Å². The minimum absolute atomic E-state index is 0.0340. The molecule has 0 aliphatic heterocycles. The summed E-state index contributed by atoms with van der Waals surface area (Å²) in [5.74, 6) is -1.38. The lowest BCUT2D eigenvalue weighted by atomic mass is 10.1. The van der Waals surface area contributed by atoms with E-state index in [1.807, 2.05) is 6.92 Å². The van der Waals surface area contributed by atoms with E-state index in [1.165, 1.54) is 24.3 Å². The molecule has 0 bridgehead atoms. The quantitative estimate of drug-likeness (QED) is 0.349. The summed E-state index contributed by atoms with van der Waals surface area (Å²) in [5, 5.41) is 0.644. The molecule has 2 N–H and O–H groups in total. The van der Waals surface area contributed by atoms with Crippen molar-refractivity contribution in [2.45, 2.75) is 27.2 Å². The average Bonchev–Trinajstić information content (AvgIpc) is 3.11. The summed E-state index contributed by atoms with van der Waals surface area (Å²) in [6, 6.07) is 8.67. The molecule has 168 valence electrons. The Morgan fingerprint density at radius 1 is 0.938 bits per heavy atom. The first-order chi connectivity index (χ1) is 15.1. The van der Waals surface area contributed by atoms with Gasteiger partial charge in [0.1, 0.15) is 5.75 Å². The fourth-order valence-corrected chi connectivity index (χ4v) is 4.29. The van der Waals surface area contributed by atoms with Gasteiger partial charge >= 0.3 is 7.60 Å². The lowest BCUT2D eigenvalue weighted by Crippen LogP contribution is -2.07. The van der Waals surface area contributed by atoms with Crippen LogP contribution in [0.15, 0.2) is 40.8 Å². The molecule has 0 saturated carbocycles. The van der Waals surface area contributed by atoms with Gasteiger partial charge in [0.2, 0.25) is 11.6 Å². The molecule has 3 aromatic carbocycles. The van der Waals surface area contributed by atoms with Crippen molar-refractivity contribution in [1.82, 2.24) is 0 Å². The minimum atomic E-state index is -4.44. The molecule has 6 nitrogen and oxygen atoms in total. The molecule has 9 heteroatoms. The van der Waals surface area contributed by atoms with Crippen molar-refractivity contribution in [3.8, 4) is 17.2 Å². The largest absolute Gasteiger partial charge is 0.490 e. The van der Waals surface area contributed by atoms with Crippen LogP contribution in [-0.2, 0) is 4.57 Å². The first-order valence-corrected chi connectivity index (χ1v) is 11.5. The van der Waals surface area contributed by atoms with Gasteiger partial charge in [-0.2, -0.15) is 8.78 Å².